The van der Waals surface area contributed by atoms with Crippen molar-refractivity contribution in [2.75, 3.05) is 26.2 Å². The monoisotopic (exact) mass is 223 g/mol. The minimum atomic E-state index is 0.271. The van der Waals surface area contributed by atoms with Gasteiger partial charge in [-0.3, -0.25) is 4.90 Å². The van der Waals surface area contributed by atoms with Crippen molar-refractivity contribution in [3.05, 3.63) is 0 Å². The summed E-state index contributed by atoms with van der Waals surface area (Å²) in [5, 5.41) is 0. The zero-order valence-corrected chi connectivity index (χ0v) is 10.8. The van der Waals surface area contributed by atoms with Gasteiger partial charge in [0.1, 0.15) is 0 Å². The number of hydrogen-bond acceptors (Lipinski definition) is 2. The maximum absolute atomic E-state index is 5.99. The highest BCUT2D eigenvalue weighted by atomic mass is 16.5. The van der Waals surface area contributed by atoms with Crippen molar-refractivity contribution in [1.29, 1.82) is 0 Å². The molecule has 3 fully saturated rings. The molecule has 2 saturated heterocycles. The predicted molar refractivity (Wildman–Crippen MR) is 65.5 cm³/mol. The van der Waals surface area contributed by atoms with E-state index in [1.54, 1.807) is 0 Å². The number of hydrogen-bond donors (Lipinski definition) is 0. The van der Waals surface area contributed by atoms with Crippen LogP contribution >= 0.6 is 0 Å². The Morgan fingerprint density at radius 1 is 1.19 bits per heavy atom. The Morgan fingerprint density at radius 2 is 2.00 bits per heavy atom. The van der Waals surface area contributed by atoms with Gasteiger partial charge in [-0.25, -0.2) is 0 Å². The molecule has 1 aliphatic carbocycles. The molecule has 2 aliphatic heterocycles. The van der Waals surface area contributed by atoms with Gasteiger partial charge in [-0.1, -0.05) is 13.8 Å². The summed E-state index contributed by atoms with van der Waals surface area (Å²) >= 11 is 0. The van der Waals surface area contributed by atoms with Crippen LogP contribution in [-0.4, -0.2) is 36.7 Å². The minimum absolute atomic E-state index is 0.271. The van der Waals surface area contributed by atoms with E-state index in [1.807, 2.05) is 0 Å². The molecule has 1 atom stereocenters. The largest absolute Gasteiger partial charge is 0.374 e. The van der Waals surface area contributed by atoms with Crippen molar-refractivity contribution in [2.24, 2.45) is 11.3 Å². The second kappa shape index (κ2) is 3.71. The summed E-state index contributed by atoms with van der Waals surface area (Å²) in [7, 11) is 0. The van der Waals surface area contributed by atoms with Crippen LogP contribution in [0.1, 0.15) is 46.0 Å². The lowest BCUT2D eigenvalue weighted by Crippen LogP contribution is -2.36. The first-order valence-electron chi connectivity index (χ1n) is 7.01. The maximum Gasteiger partial charge on any atom is 0.0821 e. The molecule has 1 unspecified atom stereocenters. The molecule has 0 bridgehead atoms. The average molecular weight is 223 g/mol. The lowest BCUT2D eigenvalue weighted by Gasteiger charge is -2.28. The fraction of sp³-hybridized carbons (Fsp3) is 1.00. The number of ether oxygens (including phenoxy) is 1. The molecule has 0 amide bonds. The summed E-state index contributed by atoms with van der Waals surface area (Å²) in [6.45, 7) is 9.60. The molecule has 92 valence electrons. The molecule has 16 heavy (non-hydrogen) atoms. The van der Waals surface area contributed by atoms with Gasteiger partial charge in [0.25, 0.3) is 0 Å². The second-order valence-electron chi connectivity index (χ2n) is 6.61. The molecular weight excluding hydrogens is 198 g/mol. The summed E-state index contributed by atoms with van der Waals surface area (Å²) < 4.78 is 5.99. The van der Waals surface area contributed by atoms with Crippen molar-refractivity contribution < 1.29 is 4.74 Å². The Morgan fingerprint density at radius 3 is 2.56 bits per heavy atom. The molecule has 3 rings (SSSR count). The lowest BCUT2D eigenvalue weighted by molar-refractivity contribution is 0.0106. The van der Waals surface area contributed by atoms with Crippen LogP contribution in [0.15, 0.2) is 0 Å². The smallest absolute Gasteiger partial charge is 0.0821 e. The van der Waals surface area contributed by atoms with Crippen molar-refractivity contribution in [2.45, 2.75) is 51.6 Å². The third kappa shape index (κ3) is 1.80. The highest BCUT2D eigenvalue weighted by Crippen LogP contribution is 2.53. The van der Waals surface area contributed by atoms with Gasteiger partial charge in [-0.2, -0.15) is 0 Å². The highest BCUT2D eigenvalue weighted by molar-refractivity contribution is 5.02. The molecular formula is C14H25NO. The minimum Gasteiger partial charge on any atom is -0.374 e. The topological polar surface area (TPSA) is 12.5 Å². The summed E-state index contributed by atoms with van der Waals surface area (Å²) in [6.07, 6.45) is 6.77. The molecule has 2 heteroatoms. The number of likely N-dealkylation sites (tertiary alicyclic amines) is 1. The number of rotatable bonds is 3. The van der Waals surface area contributed by atoms with Crippen LogP contribution in [0, 0.1) is 11.3 Å². The van der Waals surface area contributed by atoms with E-state index in [9.17, 15) is 0 Å². The average Bonchev–Trinajstić information content (AvgIpc) is 2.72. The van der Waals surface area contributed by atoms with Crippen molar-refractivity contribution in [3.8, 4) is 0 Å². The van der Waals surface area contributed by atoms with E-state index in [1.165, 1.54) is 51.7 Å². The van der Waals surface area contributed by atoms with E-state index >= 15 is 0 Å². The summed E-state index contributed by atoms with van der Waals surface area (Å²) in [4.78, 5) is 2.68. The fourth-order valence-corrected chi connectivity index (χ4v) is 3.66. The van der Waals surface area contributed by atoms with Crippen LogP contribution in [0.4, 0.5) is 0 Å². The molecule has 0 radical (unpaired) electrons. The van der Waals surface area contributed by atoms with Crippen LogP contribution in [0.2, 0.25) is 0 Å². The highest BCUT2D eigenvalue weighted by Gasteiger charge is 2.49. The Hall–Kier alpha value is -0.0800. The Labute approximate surface area is 99.3 Å². The van der Waals surface area contributed by atoms with E-state index in [0.717, 1.165) is 12.5 Å². The zero-order valence-electron chi connectivity index (χ0n) is 10.8. The molecule has 0 aromatic carbocycles. The normalized spacial score (nSPS) is 37.7. The van der Waals surface area contributed by atoms with Crippen LogP contribution in [0.5, 0.6) is 0 Å². The van der Waals surface area contributed by atoms with Crippen molar-refractivity contribution >= 4 is 0 Å². The zero-order chi connectivity index (χ0) is 11.2. The van der Waals surface area contributed by atoms with E-state index in [0.29, 0.717) is 5.41 Å². The van der Waals surface area contributed by atoms with E-state index in [4.69, 9.17) is 4.74 Å². The molecule has 0 aromatic rings. The third-order valence-electron chi connectivity index (χ3n) is 5.24. The molecule has 2 nitrogen and oxygen atoms in total. The van der Waals surface area contributed by atoms with Gasteiger partial charge in [-0.15, -0.1) is 0 Å². The van der Waals surface area contributed by atoms with Crippen LogP contribution in [0.25, 0.3) is 0 Å². The predicted octanol–water partition coefficient (Wildman–Crippen LogP) is 2.68. The van der Waals surface area contributed by atoms with Crippen molar-refractivity contribution in [1.82, 2.24) is 4.90 Å². The summed E-state index contributed by atoms with van der Waals surface area (Å²) in [5.41, 5.74) is 0.942. The molecule has 0 aromatic heterocycles. The van der Waals surface area contributed by atoms with Gasteiger partial charge in [0.15, 0.2) is 0 Å². The Bertz CT molecular complexity index is 264. The first kappa shape index (κ1) is 11.0. The summed E-state index contributed by atoms with van der Waals surface area (Å²) in [5.74, 6) is 0.855. The van der Waals surface area contributed by atoms with Gasteiger partial charge >= 0.3 is 0 Å². The molecule has 2 heterocycles. The maximum atomic E-state index is 5.99. The van der Waals surface area contributed by atoms with Gasteiger partial charge < -0.3 is 4.74 Å². The first-order valence-corrected chi connectivity index (χ1v) is 7.01. The van der Waals surface area contributed by atoms with Crippen LogP contribution in [0.3, 0.4) is 0 Å². The second-order valence-corrected chi connectivity index (χ2v) is 6.61. The van der Waals surface area contributed by atoms with Gasteiger partial charge in [0, 0.05) is 26.2 Å². The van der Waals surface area contributed by atoms with E-state index in [-0.39, 0.29) is 5.60 Å². The van der Waals surface area contributed by atoms with Gasteiger partial charge in [0.05, 0.1) is 5.60 Å². The Kier molecular flexibility index (Phi) is 2.56. The molecule has 3 aliphatic rings. The quantitative estimate of drug-likeness (QED) is 0.729. The third-order valence-corrected chi connectivity index (χ3v) is 5.24. The lowest BCUT2D eigenvalue weighted by atomic mass is 9.92. The van der Waals surface area contributed by atoms with Gasteiger partial charge in [-0.05, 0) is 43.4 Å². The SMILES string of the molecule is CC(C)C1(CN2CCC3(CCCO3)C2)CC1. The molecule has 0 N–H and O–H groups in total. The Balaban J connectivity index is 1.58. The standard InChI is InChI=1S/C14H25NO/c1-12(2)13(5-6-13)10-15-8-7-14(11-15)4-3-9-16-14/h12H,3-11H2,1-2H3. The first-order chi connectivity index (χ1) is 7.64. The van der Waals surface area contributed by atoms with E-state index < -0.39 is 0 Å². The van der Waals surface area contributed by atoms with Crippen LogP contribution in [-0.2, 0) is 4.74 Å². The molecule has 1 spiro atoms. The molecule has 1 saturated carbocycles. The van der Waals surface area contributed by atoms with E-state index in [2.05, 4.69) is 18.7 Å². The van der Waals surface area contributed by atoms with Crippen molar-refractivity contribution in [3.63, 3.8) is 0 Å². The van der Waals surface area contributed by atoms with Gasteiger partial charge in [0.2, 0.25) is 0 Å². The van der Waals surface area contributed by atoms with Crippen LogP contribution < -0.4 is 0 Å². The number of nitrogens with zero attached hydrogens (tertiary/aromatic N) is 1. The fourth-order valence-electron chi connectivity index (χ4n) is 3.66. The summed E-state index contributed by atoms with van der Waals surface area (Å²) in [6, 6.07) is 0.